The molecule has 3 aromatic heterocycles. The Bertz CT molecular complexity index is 1280. The molecule has 1 amide bonds. The highest BCUT2D eigenvalue weighted by molar-refractivity contribution is 5.69. The standard InChI is InChI=1S/C20H20F5N7O4/c1-19(2-3-19)29-18(33)36-12-8-34-15(14(12)22)11-4-13(31-30-11)28-17-26-5-10(21)16-27-9(6-32(16)17)7-35-20(23,24)25/h4-6,12,14-15H,2-3,7-8H2,1H3,(H,29,33)(H2,26,28,30,31)/t12-,14+,15-/m0/s1. The molecule has 0 bridgehead atoms. The van der Waals surface area contributed by atoms with Crippen LogP contribution in [0.5, 0.6) is 0 Å². The molecule has 5 rings (SSSR count). The van der Waals surface area contributed by atoms with Crippen LogP contribution in [0.4, 0.5) is 38.5 Å². The fraction of sp³-hybridized carbons (Fsp3) is 0.500. The van der Waals surface area contributed by atoms with E-state index in [1.807, 2.05) is 6.92 Å². The summed E-state index contributed by atoms with van der Waals surface area (Å²) < 4.78 is 81.4. The monoisotopic (exact) mass is 517 g/mol. The van der Waals surface area contributed by atoms with E-state index < -0.39 is 43.3 Å². The average molecular weight is 517 g/mol. The van der Waals surface area contributed by atoms with Crippen molar-refractivity contribution in [2.45, 2.75) is 56.7 Å². The van der Waals surface area contributed by atoms with Gasteiger partial charge >= 0.3 is 12.5 Å². The van der Waals surface area contributed by atoms with Crippen molar-refractivity contribution in [3.63, 3.8) is 0 Å². The Labute approximate surface area is 199 Å². The van der Waals surface area contributed by atoms with Gasteiger partial charge in [0.2, 0.25) is 5.95 Å². The number of rotatable bonds is 7. The topological polar surface area (TPSA) is 128 Å². The molecule has 11 nitrogen and oxygen atoms in total. The molecule has 3 atom stereocenters. The molecule has 3 aromatic rings. The largest absolute Gasteiger partial charge is 0.522 e. The molecule has 3 N–H and O–H groups in total. The normalized spacial score (nSPS) is 23.1. The van der Waals surface area contributed by atoms with E-state index in [4.69, 9.17) is 9.47 Å². The molecule has 1 aliphatic heterocycles. The number of imidazole rings is 1. The molecule has 4 heterocycles. The number of carbonyl (C=O) groups is 1. The molecule has 0 spiro atoms. The number of alkyl halides is 4. The van der Waals surface area contributed by atoms with E-state index in [1.165, 1.54) is 6.07 Å². The third-order valence-electron chi connectivity index (χ3n) is 5.77. The number of carbonyl (C=O) groups excluding carboxylic acids is 1. The van der Waals surface area contributed by atoms with Crippen LogP contribution in [0, 0.1) is 5.82 Å². The summed E-state index contributed by atoms with van der Waals surface area (Å²) in [5, 5.41) is 12.1. The summed E-state index contributed by atoms with van der Waals surface area (Å²) in [6.45, 7) is 0.780. The lowest BCUT2D eigenvalue weighted by Gasteiger charge is -2.17. The van der Waals surface area contributed by atoms with Crippen LogP contribution in [-0.4, -0.2) is 61.4 Å². The summed E-state index contributed by atoms with van der Waals surface area (Å²) in [5.41, 5.74) is -0.554. The minimum Gasteiger partial charge on any atom is -0.441 e. The number of nitrogens with one attached hydrogen (secondary N) is 3. The van der Waals surface area contributed by atoms with E-state index in [2.05, 4.69) is 35.5 Å². The van der Waals surface area contributed by atoms with Gasteiger partial charge < -0.3 is 20.1 Å². The van der Waals surface area contributed by atoms with Crippen LogP contribution in [0.2, 0.25) is 0 Å². The van der Waals surface area contributed by atoms with E-state index >= 15 is 0 Å². The fourth-order valence-corrected chi connectivity index (χ4v) is 3.64. The number of alkyl carbamates (subject to hydrolysis) is 1. The zero-order chi connectivity index (χ0) is 25.7. The minimum absolute atomic E-state index is 0.0224. The van der Waals surface area contributed by atoms with E-state index in [9.17, 15) is 26.7 Å². The van der Waals surface area contributed by atoms with Gasteiger partial charge in [-0.1, -0.05) is 0 Å². The number of H-pyrrole nitrogens is 1. The maximum absolute atomic E-state index is 14.9. The zero-order valence-corrected chi connectivity index (χ0v) is 18.6. The number of hydrogen-bond acceptors (Lipinski definition) is 8. The Morgan fingerprint density at radius 1 is 1.39 bits per heavy atom. The number of nitrogens with zero attached hydrogens (tertiary/aromatic N) is 4. The number of amides is 1. The highest BCUT2D eigenvalue weighted by Gasteiger charge is 2.44. The van der Waals surface area contributed by atoms with Gasteiger partial charge in [-0.2, -0.15) is 5.10 Å². The highest BCUT2D eigenvalue weighted by Crippen LogP contribution is 2.36. The Hall–Kier alpha value is -3.53. The Morgan fingerprint density at radius 3 is 2.89 bits per heavy atom. The fourth-order valence-electron chi connectivity index (χ4n) is 3.64. The summed E-state index contributed by atoms with van der Waals surface area (Å²) in [4.78, 5) is 19.7. The number of aromatic nitrogens is 5. The molecule has 1 saturated carbocycles. The number of anilines is 2. The van der Waals surface area contributed by atoms with E-state index in [0.717, 1.165) is 29.6 Å². The van der Waals surface area contributed by atoms with E-state index in [0.29, 0.717) is 0 Å². The van der Waals surface area contributed by atoms with Crippen LogP contribution in [0.3, 0.4) is 0 Å². The van der Waals surface area contributed by atoms with Crippen LogP contribution in [0.1, 0.15) is 37.3 Å². The van der Waals surface area contributed by atoms with Gasteiger partial charge in [-0.25, -0.2) is 23.5 Å². The lowest BCUT2D eigenvalue weighted by molar-refractivity contribution is -0.330. The van der Waals surface area contributed by atoms with Crippen molar-refractivity contribution in [1.82, 2.24) is 29.9 Å². The summed E-state index contributed by atoms with van der Waals surface area (Å²) in [5.74, 6) is -0.760. The van der Waals surface area contributed by atoms with Gasteiger partial charge in [-0.15, -0.1) is 13.2 Å². The second-order valence-corrected chi connectivity index (χ2v) is 8.75. The summed E-state index contributed by atoms with van der Waals surface area (Å²) >= 11 is 0. The van der Waals surface area contributed by atoms with Crippen molar-refractivity contribution in [2.24, 2.45) is 0 Å². The lowest BCUT2D eigenvalue weighted by Crippen LogP contribution is -2.39. The van der Waals surface area contributed by atoms with E-state index in [-0.39, 0.29) is 40.9 Å². The van der Waals surface area contributed by atoms with Gasteiger partial charge in [-0.05, 0) is 19.8 Å². The average Bonchev–Trinajstić information content (AvgIpc) is 3.16. The van der Waals surface area contributed by atoms with Crippen LogP contribution in [-0.2, 0) is 20.8 Å². The quantitative estimate of drug-likeness (QED) is 0.407. The van der Waals surface area contributed by atoms with Crippen molar-refractivity contribution >= 4 is 23.5 Å². The Morgan fingerprint density at radius 2 is 2.17 bits per heavy atom. The zero-order valence-electron chi connectivity index (χ0n) is 18.6. The molecule has 2 fully saturated rings. The van der Waals surface area contributed by atoms with Gasteiger partial charge in [0.15, 0.2) is 29.6 Å². The number of aromatic amines is 1. The van der Waals surface area contributed by atoms with Gasteiger partial charge in [-0.3, -0.25) is 14.2 Å². The second kappa shape index (κ2) is 8.85. The number of halogens is 5. The maximum Gasteiger partial charge on any atom is 0.522 e. The van der Waals surface area contributed by atoms with Crippen molar-refractivity contribution in [1.29, 1.82) is 0 Å². The van der Waals surface area contributed by atoms with Crippen LogP contribution in [0.25, 0.3) is 5.65 Å². The SMILES string of the molecule is CC1(NC(=O)O[C@H]2CO[C@@H](c3cc(Nc4ncc(F)c5nc(COC(F)(F)F)cn45)n[nH]3)[C@@H]2F)CC1. The molecular weight excluding hydrogens is 497 g/mol. The predicted octanol–water partition coefficient (Wildman–Crippen LogP) is 3.43. The molecule has 194 valence electrons. The minimum atomic E-state index is -4.88. The first-order valence-electron chi connectivity index (χ1n) is 10.8. The molecule has 1 saturated heterocycles. The van der Waals surface area contributed by atoms with Crippen LogP contribution >= 0.6 is 0 Å². The van der Waals surface area contributed by atoms with Gasteiger partial charge in [0, 0.05) is 17.8 Å². The van der Waals surface area contributed by atoms with Gasteiger partial charge in [0.25, 0.3) is 0 Å². The number of fused-ring (bicyclic) bond motifs is 1. The third kappa shape index (κ3) is 5.18. The summed E-state index contributed by atoms with van der Waals surface area (Å²) in [6.07, 6.45) is -5.86. The molecule has 2 aliphatic rings. The first kappa shape index (κ1) is 24.2. The molecular formula is C20H20F5N7O4. The Kier molecular flexibility index (Phi) is 5.94. The maximum atomic E-state index is 14.9. The predicted molar refractivity (Wildman–Crippen MR) is 110 cm³/mol. The van der Waals surface area contributed by atoms with Crippen molar-refractivity contribution in [2.75, 3.05) is 11.9 Å². The molecule has 36 heavy (non-hydrogen) atoms. The summed E-state index contributed by atoms with van der Waals surface area (Å²) in [7, 11) is 0. The number of hydrogen-bond donors (Lipinski definition) is 3. The van der Waals surface area contributed by atoms with Gasteiger partial charge in [0.05, 0.1) is 30.8 Å². The van der Waals surface area contributed by atoms with Crippen molar-refractivity contribution < 1.29 is 41.0 Å². The number of ether oxygens (including phenoxy) is 3. The van der Waals surface area contributed by atoms with Gasteiger partial charge in [0.1, 0.15) is 6.10 Å². The lowest BCUT2D eigenvalue weighted by atomic mass is 10.1. The molecule has 0 aromatic carbocycles. The molecule has 16 heteroatoms. The second-order valence-electron chi connectivity index (χ2n) is 8.75. The third-order valence-corrected chi connectivity index (χ3v) is 5.77. The highest BCUT2D eigenvalue weighted by atomic mass is 19.4. The first-order valence-corrected chi connectivity index (χ1v) is 10.8. The molecule has 0 radical (unpaired) electrons. The first-order chi connectivity index (χ1) is 17.0. The molecule has 1 aliphatic carbocycles. The summed E-state index contributed by atoms with van der Waals surface area (Å²) in [6, 6.07) is 1.41. The smallest absolute Gasteiger partial charge is 0.441 e. The molecule has 0 unspecified atom stereocenters. The van der Waals surface area contributed by atoms with Crippen LogP contribution in [0.15, 0.2) is 18.5 Å². The van der Waals surface area contributed by atoms with Crippen molar-refractivity contribution in [3.05, 3.63) is 35.7 Å². The van der Waals surface area contributed by atoms with Crippen LogP contribution < -0.4 is 10.6 Å². The van der Waals surface area contributed by atoms with Crippen molar-refractivity contribution in [3.8, 4) is 0 Å². The Balaban J connectivity index is 1.26. The van der Waals surface area contributed by atoms with E-state index in [1.54, 1.807) is 0 Å².